The van der Waals surface area contributed by atoms with Crippen LogP contribution in [0.2, 0.25) is 0 Å². The van der Waals surface area contributed by atoms with Crippen molar-refractivity contribution in [1.29, 1.82) is 0 Å². The van der Waals surface area contributed by atoms with Crippen LogP contribution in [0.4, 0.5) is 4.79 Å². The van der Waals surface area contributed by atoms with Crippen LogP contribution in [-0.2, 0) is 0 Å². The molecule has 0 radical (unpaired) electrons. The highest BCUT2D eigenvalue weighted by Gasteiger charge is 2.32. The van der Waals surface area contributed by atoms with Crippen molar-refractivity contribution in [2.45, 2.75) is 13.3 Å². The molecule has 1 unspecified atom stereocenters. The number of urea groups is 1. The van der Waals surface area contributed by atoms with Crippen LogP contribution < -0.4 is 11.1 Å². The minimum Gasteiger partial charge on any atom is -0.319 e. The number of nitrogens with zero attached hydrogens (tertiary/aromatic N) is 1. The molecule has 0 aromatic carbocycles. The van der Waals surface area contributed by atoms with E-state index in [1.807, 2.05) is 6.92 Å². The largest absolute Gasteiger partial charge is 0.414 e. The molecule has 70 valence electrons. The summed E-state index contributed by atoms with van der Waals surface area (Å²) in [5, 5.41) is 3.27. The number of rotatable bonds is 1. The van der Waals surface area contributed by atoms with Gasteiger partial charge in [-0.05, 0) is 6.92 Å². The minimum absolute atomic E-state index is 0.179. The van der Waals surface area contributed by atoms with Crippen LogP contribution in [0.15, 0.2) is 0 Å². The molecule has 1 fully saturated rings. The molecule has 4 heteroatoms. The standard InChI is InChI=1S/C8H17N3O/c1-2-11(8(9)12)6-3-4-10-5-7-11/h10H,2-7H2,1H3,(H-,9,12)/p+1. The summed E-state index contributed by atoms with van der Waals surface area (Å²) in [7, 11) is 0. The summed E-state index contributed by atoms with van der Waals surface area (Å²) in [6.45, 7) is 6.47. The zero-order valence-electron chi connectivity index (χ0n) is 7.68. The Morgan fingerprint density at radius 1 is 1.50 bits per heavy atom. The second-order valence-electron chi connectivity index (χ2n) is 3.35. The second kappa shape index (κ2) is 3.87. The van der Waals surface area contributed by atoms with Gasteiger partial charge in [0.15, 0.2) is 0 Å². The van der Waals surface area contributed by atoms with Gasteiger partial charge < -0.3 is 11.1 Å². The van der Waals surface area contributed by atoms with Gasteiger partial charge in [-0.3, -0.25) is 0 Å². The van der Waals surface area contributed by atoms with Crippen LogP contribution in [0.5, 0.6) is 0 Å². The number of hydrogen-bond acceptors (Lipinski definition) is 2. The van der Waals surface area contributed by atoms with E-state index in [0.29, 0.717) is 4.48 Å². The van der Waals surface area contributed by atoms with Crippen molar-refractivity contribution in [3.05, 3.63) is 0 Å². The maximum Gasteiger partial charge on any atom is 0.414 e. The fourth-order valence-electron chi connectivity index (χ4n) is 1.73. The maximum atomic E-state index is 11.2. The molecule has 4 nitrogen and oxygen atoms in total. The maximum absolute atomic E-state index is 11.2. The summed E-state index contributed by atoms with van der Waals surface area (Å²) in [5.74, 6) is 0. The highest BCUT2D eigenvalue weighted by molar-refractivity contribution is 5.64. The molecule has 1 aliphatic heterocycles. The lowest BCUT2D eigenvalue weighted by atomic mass is 10.3. The third-order valence-corrected chi connectivity index (χ3v) is 2.73. The molecule has 0 spiro atoms. The fraction of sp³-hybridized carbons (Fsp3) is 0.875. The lowest BCUT2D eigenvalue weighted by molar-refractivity contribution is -0.845. The first-order valence-corrected chi connectivity index (χ1v) is 4.58. The summed E-state index contributed by atoms with van der Waals surface area (Å²) in [5.41, 5.74) is 5.39. The van der Waals surface area contributed by atoms with Crippen LogP contribution in [-0.4, -0.2) is 43.2 Å². The summed E-state index contributed by atoms with van der Waals surface area (Å²) >= 11 is 0. The normalized spacial score (nSPS) is 31.1. The Balaban J connectivity index is 2.68. The van der Waals surface area contributed by atoms with E-state index in [4.69, 9.17) is 5.73 Å². The Hall–Kier alpha value is -0.610. The molecule has 1 rings (SSSR count). The van der Waals surface area contributed by atoms with Gasteiger partial charge in [-0.15, -0.1) is 0 Å². The fourth-order valence-corrected chi connectivity index (χ4v) is 1.73. The van der Waals surface area contributed by atoms with Crippen molar-refractivity contribution in [3.63, 3.8) is 0 Å². The number of primary amides is 1. The van der Waals surface area contributed by atoms with Gasteiger partial charge in [0.05, 0.1) is 19.6 Å². The van der Waals surface area contributed by atoms with Crippen molar-refractivity contribution in [2.75, 3.05) is 32.7 Å². The first-order valence-electron chi connectivity index (χ1n) is 4.58. The zero-order chi connectivity index (χ0) is 9.03. The number of quaternary nitrogens is 1. The van der Waals surface area contributed by atoms with Gasteiger partial charge in [0.25, 0.3) is 0 Å². The first kappa shape index (κ1) is 9.48. The van der Waals surface area contributed by atoms with Crippen molar-refractivity contribution in [2.24, 2.45) is 5.73 Å². The van der Waals surface area contributed by atoms with Gasteiger partial charge in [-0.1, -0.05) is 0 Å². The predicted molar refractivity (Wildman–Crippen MR) is 47.6 cm³/mol. The Bertz CT molecular complexity index is 162. The van der Waals surface area contributed by atoms with E-state index < -0.39 is 0 Å². The number of carbonyl (C=O) groups is 1. The number of carbonyl (C=O) groups excluding carboxylic acids is 1. The lowest BCUT2D eigenvalue weighted by Crippen LogP contribution is -2.57. The van der Waals surface area contributed by atoms with Crippen LogP contribution in [0.3, 0.4) is 0 Å². The average molecular weight is 172 g/mol. The molecule has 1 saturated heterocycles. The molecular weight excluding hydrogens is 154 g/mol. The topological polar surface area (TPSA) is 55.1 Å². The monoisotopic (exact) mass is 172 g/mol. The van der Waals surface area contributed by atoms with Gasteiger partial charge >= 0.3 is 6.03 Å². The molecule has 0 bridgehead atoms. The van der Waals surface area contributed by atoms with E-state index in [0.717, 1.165) is 39.1 Å². The molecule has 0 aliphatic carbocycles. The van der Waals surface area contributed by atoms with Crippen molar-refractivity contribution in [3.8, 4) is 0 Å². The third kappa shape index (κ3) is 1.76. The Kier molecular flexibility index (Phi) is 3.05. The van der Waals surface area contributed by atoms with E-state index in [1.165, 1.54) is 0 Å². The minimum atomic E-state index is -0.179. The third-order valence-electron chi connectivity index (χ3n) is 2.73. The molecule has 2 amide bonds. The number of amides is 2. The molecule has 0 saturated carbocycles. The quantitative estimate of drug-likeness (QED) is 0.542. The predicted octanol–water partition coefficient (Wildman–Crippen LogP) is -0.105. The van der Waals surface area contributed by atoms with Crippen LogP contribution in [0, 0.1) is 0 Å². The number of nitrogens with one attached hydrogen (secondary N) is 1. The number of nitrogens with two attached hydrogens (primary N) is 1. The van der Waals surface area contributed by atoms with Crippen molar-refractivity contribution in [1.82, 2.24) is 5.32 Å². The van der Waals surface area contributed by atoms with Crippen LogP contribution in [0.1, 0.15) is 13.3 Å². The van der Waals surface area contributed by atoms with Crippen LogP contribution in [0.25, 0.3) is 0 Å². The highest BCUT2D eigenvalue weighted by Crippen LogP contribution is 2.08. The summed E-state index contributed by atoms with van der Waals surface area (Å²) in [4.78, 5) is 11.2. The molecule has 1 heterocycles. The van der Waals surface area contributed by atoms with E-state index in [-0.39, 0.29) is 6.03 Å². The molecule has 12 heavy (non-hydrogen) atoms. The van der Waals surface area contributed by atoms with Crippen LogP contribution >= 0.6 is 0 Å². The van der Waals surface area contributed by atoms with E-state index in [2.05, 4.69) is 5.32 Å². The molecule has 1 atom stereocenters. The highest BCUT2D eigenvalue weighted by atomic mass is 16.2. The molecule has 3 N–H and O–H groups in total. The molecule has 0 aromatic rings. The lowest BCUT2D eigenvalue weighted by Gasteiger charge is -2.31. The zero-order valence-corrected chi connectivity index (χ0v) is 7.68. The molecule has 0 aromatic heterocycles. The van der Waals surface area contributed by atoms with Gasteiger partial charge in [0.1, 0.15) is 0 Å². The van der Waals surface area contributed by atoms with E-state index in [9.17, 15) is 4.79 Å². The van der Waals surface area contributed by atoms with E-state index in [1.54, 1.807) is 0 Å². The van der Waals surface area contributed by atoms with Crippen molar-refractivity contribution >= 4 is 6.03 Å². The SMILES string of the molecule is CC[N+]1(C(N)=O)CCCNCC1. The van der Waals surface area contributed by atoms with Gasteiger partial charge in [0, 0.05) is 19.5 Å². The average Bonchev–Trinajstić information content (AvgIpc) is 2.29. The summed E-state index contributed by atoms with van der Waals surface area (Å²) in [6.07, 6.45) is 1.04. The van der Waals surface area contributed by atoms with E-state index >= 15 is 0 Å². The second-order valence-corrected chi connectivity index (χ2v) is 3.35. The number of likely N-dealkylation sites (N-methyl/N-ethyl adjacent to an activating group) is 1. The number of hydrogen-bond donors (Lipinski definition) is 2. The smallest absolute Gasteiger partial charge is 0.319 e. The van der Waals surface area contributed by atoms with Gasteiger partial charge in [-0.25, -0.2) is 9.28 Å². The van der Waals surface area contributed by atoms with Gasteiger partial charge in [0.2, 0.25) is 0 Å². The van der Waals surface area contributed by atoms with Crippen molar-refractivity contribution < 1.29 is 9.28 Å². The Morgan fingerprint density at radius 2 is 2.25 bits per heavy atom. The Morgan fingerprint density at radius 3 is 2.83 bits per heavy atom. The molecule has 1 aliphatic rings. The summed E-state index contributed by atoms with van der Waals surface area (Å²) in [6, 6.07) is -0.179. The molecular formula is C8H18N3O+. The Labute approximate surface area is 73.3 Å². The van der Waals surface area contributed by atoms with Gasteiger partial charge in [-0.2, -0.15) is 0 Å². The first-order chi connectivity index (χ1) is 5.71. The summed E-state index contributed by atoms with van der Waals surface area (Å²) < 4.78 is 0.451.